The molecule has 2 aromatic carbocycles. The molecule has 0 radical (unpaired) electrons. The number of likely N-dealkylation sites (N-methyl/N-ethyl adjacent to an activating group) is 1. The summed E-state index contributed by atoms with van der Waals surface area (Å²) in [6, 6.07) is 15.6. The first-order chi connectivity index (χ1) is 16.6. The van der Waals surface area contributed by atoms with Crippen molar-refractivity contribution in [3.8, 4) is 11.4 Å². The molecule has 1 aromatic heterocycles. The Hall–Kier alpha value is -2.88. The van der Waals surface area contributed by atoms with Crippen molar-refractivity contribution < 1.29 is 14.3 Å². The summed E-state index contributed by atoms with van der Waals surface area (Å²) >= 11 is 1.56. The van der Waals surface area contributed by atoms with Gasteiger partial charge in [0.2, 0.25) is 0 Å². The molecule has 1 fully saturated rings. The number of hydrogen-bond donors (Lipinski definition) is 0. The van der Waals surface area contributed by atoms with Gasteiger partial charge in [-0.05, 0) is 42.4 Å². The van der Waals surface area contributed by atoms with Crippen LogP contribution in [0, 0.1) is 0 Å². The lowest BCUT2D eigenvalue weighted by atomic mass is 10.1. The molecule has 1 aliphatic heterocycles. The molecule has 4 rings (SSSR count). The van der Waals surface area contributed by atoms with Crippen LogP contribution in [0.2, 0.25) is 0 Å². The van der Waals surface area contributed by atoms with Crippen molar-refractivity contribution in [2.45, 2.75) is 24.4 Å². The summed E-state index contributed by atoms with van der Waals surface area (Å²) < 4.78 is 12.6. The van der Waals surface area contributed by atoms with E-state index in [0.29, 0.717) is 18.2 Å². The predicted molar refractivity (Wildman–Crippen MR) is 133 cm³/mol. The van der Waals surface area contributed by atoms with Crippen molar-refractivity contribution in [3.63, 3.8) is 0 Å². The van der Waals surface area contributed by atoms with Gasteiger partial charge in [0.15, 0.2) is 11.0 Å². The fourth-order valence-electron chi connectivity index (χ4n) is 4.04. The van der Waals surface area contributed by atoms with Crippen LogP contribution in [0.1, 0.15) is 28.7 Å². The second-order valence-corrected chi connectivity index (χ2v) is 8.98. The second kappa shape index (κ2) is 11.5. The van der Waals surface area contributed by atoms with E-state index in [2.05, 4.69) is 22.0 Å². The molecule has 0 spiro atoms. The van der Waals surface area contributed by atoms with Gasteiger partial charge in [-0.25, -0.2) is 0 Å². The molecule has 0 saturated carbocycles. The number of amides is 1. The molecule has 0 bridgehead atoms. The topological polar surface area (TPSA) is 72.7 Å². The molecular formula is C25H31N5O3S. The number of piperazine rings is 1. The van der Waals surface area contributed by atoms with Gasteiger partial charge in [-0.3, -0.25) is 9.36 Å². The predicted octanol–water partition coefficient (Wildman–Crippen LogP) is 3.49. The highest BCUT2D eigenvalue weighted by Crippen LogP contribution is 2.28. The molecule has 2 heterocycles. The quantitative estimate of drug-likeness (QED) is 0.433. The van der Waals surface area contributed by atoms with E-state index >= 15 is 0 Å². The van der Waals surface area contributed by atoms with Gasteiger partial charge in [0.25, 0.3) is 5.91 Å². The summed E-state index contributed by atoms with van der Waals surface area (Å²) in [6.45, 7) is 6.90. The Bertz CT molecular complexity index is 1090. The molecule has 3 aromatic rings. The monoisotopic (exact) mass is 481 g/mol. The number of methoxy groups -OCH3 is 2. The minimum absolute atomic E-state index is 0.101. The summed E-state index contributed by atoms with van der Waals surface area (Å²) in [7, 11) is 3.29. The van der Waals surface area contributed by atoms with Crippen LogP contribution in [0.15, 0.2) is 53.7 Å². The number of ether oxygens (including phenoxy) is 2. The van der Waals surface area contributed by atoms with Gasteiger partial charge >= 0.3 is 0 Å². The van der Waals surface area contributed by atoms with Crippen LogP contribution in [0.5, 0.6) is 5.75 Å². The summed E-state index contributed by atoms with van der Waals surface area (Å²) in [6.07, 6.45) is 0. The molecule has 34 heavy (non-hydrogen) atoms. The summed E-state index contributed by atoms with van der Waals surface area (Å²) in [4.78, 5) is 17.6. The molecule has 0 N–H and O–H groups in total. The van der Waals surface area contributed by atoms with Crippen molar-refractivity contribution >= 4 is 17.7 Å². The molecule has 8 nitrogen and oxygen atoms in total. The molecule has 0 unspecified atom stereocenters. The summed E-state index contributed by atoms with van der Waals surface area (Å²) in [5.74, 6) is 2.21. The average Bonchev–Trinajstić information content (AvgIpc) is 3.30. The van der Waals surface area contributed by atoms with Crippen LogP contribution in [-0.2, 0) is 17.1 Å². The van der Waals surface area contributed by atoms with Crippen molar-refractivity contribution in [1.82, 2.24) is 24.6 Å². The zero-order chi connectivity index (χ0) is 23.9. The zero-order valence-electron chi connectivity index (χ0n) is 19.9. The smallest absolute Gasteiger partial charge is 0.254 e. The Balaban J connectivity index is 1.53. The number of rotatable bonds is 9. The van der Waals surface area contributed by atoms with Gasteiger partial charge in [0.1, 0.15) is 12.4 Å². The van der Waals surface area contributed by atoms with E-state index in [9.17, 15) is 4.79 Å². The van der Waals surface area contributed by atoms with E-state index in [1.807, 2.05) is 58.0 Å². The third-order valence-corrected chi connectivity index (χ3v) is 6.99. The molecular weight excluding hydrogens is 450 g/mol. The van der Waals surface area contributed by atoms with Gasteiger partial charge in [-0.2, -0.15) is 0 Å². The third-order valence-electron chi connectivity index (χ3n) is 6.02. The third kappa shape index (κ3) is 5.43. The van der Waals surface area contributed by atoms with Crippen molar-refractivity contribution in [2.24, 2.45) is 0 Å². The number of benzene rings is 2. The lowest BCUT2D eigenvalue weighted by Gasteiger charge is -2.34. The Morgan fingerprint density at radius 2 is 1.74 bits per heavy atom. The first-order valence-corrected chi connectivity index (χ1v) is 12.4. The van der Waals surface area contributed by atoms with Gasteiger partial charge in [0, 0.05) is 50.3 Å². The number of thioether (sulfide) groups is 1. The summed E-state index contributed by atoms with van der Waals surface area (Å²) in [5, 5.41) is 9.50. The van der Waals surface area contributed by atoms with E-state index in [4.69, 9.17) is 9.47 Å². The minimum Gasteiger partial charge on any atom is -0.497 e. The Labute approximate surface area is 204 Å². The first kappa shape index (κ1) is 24.3. The van der Waals surface area contributed by atoms with Crippen molar-refractivity contribution in [1.29, 1.82) is 0 Å². The molecule has 1 aliphatic rings. The van der Waals surface area contributed by atoms with E-state index < -0.39 is 0 Å². The van der Waals surface area contributed by atoms with Crippen LogP contribution in [0.3, 0.4) is 0 Å². The lowest BCUT2D eigenvalue weighted by Crippen LogP contribution is -2.48. The van der Waals surface area contributed by atoms with E-state index in [-0.39, 0.29) is 5.91 Å². The molecule has 0 aliphatic carbocycles. The van der Waals surface area contributed by atoms with Crippen LogP contribution in [0.4, 0.5) is 0 Å². The molecule has 1 saturated heterocycles. The first-order valence-electron chi connectivity index (χ1n) is 11.4. The Kier molecular flexibility index (Phi) is 8.21. The van der Waals surface area contributed by atoms with Crippen molar-refractivity contribution in [2.75, 3.05) is 46.9 Å². The van der Waals surface area contributed by atoms with E-state index in [1.165, 1.54) is 0 Å². The normalized spacial score (nSPS) is 14.4. The summed E-state index contributed by atoms with van der Waals surface area (Å²) in [5.41, 5.74) is 2.68. The number of carbonyl (C=O) groups excluding carboxylic acids is 1. The highest BCUT2D eigenvalue weighted by molar-refractivity contribution is 7.98. The van der Waals surface area contributed by atoms with Crippen LogP contribution < -0.4 is 4.74 Å². The molecule has 1 amide bonds. The van der Waals surface area contributed by atoms with Gasteiger partial charge in [0.05, 0.1) is 7.11 Å². The fourth-order valence-corrected chi connectivity index (χ4v) is 5.02. The maximum absolute atomic E-state index is 13.3. The molecule has 9 heteroatoms. The van der Waals surface area contributed by atoms with Gasteiger partial charge in [-0.15, -0.1) is 10.2 Å². The van der Waals surface area contributed by atoms with Gasteiger partial charge in [-0.1, -0.05) is 36.9 Å². The lowest BCUT2D eigenvalue weighted by molar-refractivity contribution is 0.0642. The van der Waals surface area contributed by atoms with Crippen LogP contribution in [0.25, 0.3) is 5.69 Å². The van der Waals surface area contributed by atoms with E-state index in [1.54, 1.807) is 26.0 Å². The van der Waals surface area contributed by atoms with Gasteiger partial charge < -0.3 is 19.3 Å². The molecule has 0 atom stereocenters. The Morgan fingerprint density at radius 3 is 2.41 bits per heavy atom. The van der Waals surface area contributed by atoms with Crippen LogP contribution >= 0.6 is 11.8 Å². The van der Waals surface area contributed by atoms with Crippen molar-refractivity contribution in [3.05, 3.63) is 65.5 Å². The maximum Gasteiger partial charge on any atom is 0.254 e. The SMILES string of the molecule is CCN1CCN(C(=O)c2ccccc2CSc2nnc(COC)n2-c2ccc(OC)cc2)CC1. The zero-order valence-corrected chi connectivity index (χ0v) is 20.8. The number of nitrogens with zero attached hydrogens (tertiary/aromatic N) is 5. The largest absolute Gasteiger partial charge is 0.497 e. The minimum atomic E-state index is 0.101. The molecule has 180 valence electrons. The van der Waals surface area contributed by atoms with Crippen LogP contribution in [-0.4, -0.2) is 77.4 Å². The second-order valence-electron chi connectivity index (χ2n) is 8.04. The fraction of sp³-hybridized carbons (Fsp3) is 0.400. The number of carbonyl (C=O) groups is 1. The maximum atomic E-state index is 13.3. The number of hydrogen-bond acceptors (Lipinski definition) is 7. The Morgan fingerprint density at radius 1 is 1.00 bits per heavy atom. The highest BCUT2D eigenvalue weighted by atomic mass is 32.2. The highest BCUT2D eigenvalue weighted by Gasteiger charge is 2.23. The average molecular weight is 482 g/mol. The van der Waals surface area contributed by atoms with E-state index in [0.717, 1.165) is 60.4 Å². The standard InChI is InChI=1S/C25H31N5O3S/c1-4-28-13-15-29(16-14-28)24(31)22-8-6-5-7-19(22)18-34-25-27-26-23(17-32-2)30(25)20-9-11-21(33-3)12-10-20/h5-12H,4,13-18H2,1-3H3. The number of aromatic nitrogens is 3.